The second-order valence-electron chi connectivity index (χ2n) is 5.25. The molecular weight excluding hydrogens is 232 g/mol. The Morgan fingerprint density at radius 3 is 2.07 bits per heavy atom. The molecule has 1 N–H and O–H groups in total. The first-order valence-corrected chi connectivity index (χ1v) is 9.56. The lowest BCUT2D eigenvalue weighted by Crippen LogP contribution is -2.41. The van der Waals surface area contributed by atoms with Crippen molar-refractivity contribution in [3.63, 3.8) is 0 Å². The van der Waals surface area contributed by atoms with Gasteiger partial charge >= 0.3 is 0 Å². The second-order valence-corrected chi connectivity index (χ2v) is 11.6. The minimum Gasteiger partial charge on any atom is -0.417 e. The van der Waals surface area contributed by atoms with Crippen molar-refractivity contribution in [3.8, 4) is 0 Å². The third-order valence-corrected chi connectivity index (χ3v) is 8.16. The minimum atomic E-state index is -3.84. The number of hydrogen-bond acceptors (Lipinski definition) is 3. The summed E-state index contributed by atoms with van der Waals surface area (Å²) in [7, 11) is -5.62. The minimum absolute atomic E-state index is 0.130. The molecule has 15 heavy (non-hydrogen) atoms. The summed E-state index contributed by atoms with van der Waals surface area (Å²) < 4.78 is 35.2. The Bertz CT molecular complexity index is 290. The fraction of sp³-hybridized carbons (Fsp3) is 1.00. The van der Waals surface area contributed by atoms with Crippen LogP contribution in [0.1, 0.15) is 27.2 Å². The van der Waals surface area contributed by atoms with Gasteiger partial charge in [0.2, 0.25) is 0 Å². The van der Waals surface area contributed by atoms with Crippen molar-refractivity contribution in [2.75, 3.05) is 12.4 Å². The topological polar surface area (TPSA) is 63.6 Å². The fourth-order valence-electron chi connectivity index (χ4n) is 0.785. The smallest absolute Gasteiger partial charge is 0.264 e. The SMILES string of the molecule is CC(C)(C)[Si](C)(C)OCCCS(=O)(=O)O. The van der Waals surface area contributed by atoms with Gasteiger partial charge in [-0.05, 0) is 24.6 Å². The van der Waals surface area contributed by atoms with Crippen LogP contribution in [0.3, 0.4) is 0 Å². The highest BCUT2D eigenvalue weighted by atomic mass is 32.2. The van der Waals surface area contributed by atoms with Crippen molar-refractivity contribution >= 4 is 18.4 Å². The van der Waals surface area contributed by atoms with Gasteiger partial charge < -0.3 is 4.43 Å². The lowest BCUT2D eigenvalue weighted by molar-refractivity contribution is 0.287. The van der Waals surface area contributed by atoms with Gasteiger partial charge in [-0.15, -0.1) is 0 Å². The molecule has 0 aromatic heterocycles. The molecule has 0 rings (SSSR count). The molecular formula is C9H22O4SSi. The molecule has 4 nitrogen and oxygen atoms in total. The van der Waals surface area contributed by atoms with Crippen LogP contribution >= 0.6 is 0 Å². The summed E-state index contributed by atoms with van der Waals surface area (Å²) in [6.07, 6.45) is 0.353. The maximum atomic E-state index is 10.5. The maximum Gasteiger partial charge on any atom is 0.264 e. The van der Waals surface area contributed by atoms with Crippen molar-refractivity contribution in [1.29, 1.82) is 0 Å². The van der Waals surface area contributed by atoms with Crippen molar-refractivity contribution < 1.29 is 17.4 Å². The quantitative estimate of drug-likeness (QED) is 0.464. The summed E-state index contributed by atoms with van der Waals surface area (Å²) in [5.74, 6) is -0.221. The van der Waals surface area contributed by atoms with E-state index in [0.717, 1.165) is 0 Å². The lowest BCUT2D eigenvalue weighted by atomic mass is 10.2. The fourth-order valence-corrected chi connectivity index (χ4v) is 2.36. The van der Waals surface area contributed by atoms with Gasteiger partial charge in [0.15, 0.2) is 8.32 Å². The Morgan fingerprint density at radius 2 is 1.73 bits per heavy atom. The Hall–Kier alpha value is 0.0869. The van der Waals surface area contributed by atoms with E-state index >= 15 is 0 Å². The largest absolute Gasteiger partial charge is 0.417 e. The molecule has 0 bridgehead atoms. The van der Waals surface area contributed by atoms with Gasteiger partial charge in [0.05, 0.1) is 5.75 Å². The molecule has 0 radical (unpaired) electrons. The van der Waals surface area contributed by atoms with Crippen molar-refractivity contribution in [3.05, 3.63) is 0 Å². The van der Waals surface area contributed by atoms with Gasteiger partial charge in [-0.3, -0.25) is 4.55 Å². The van der Waals surface area contributed by atoms with Crippen LogP contribution in [-0.2, 0) is 14.5 Å². The number of rotatable bonds is 5. The summed E-state index contributed by atoms with van der Waals surface area (Å²) >= 11 is 0. The molecule has 0 amide bonds. The monoisotopic (exact) mass is 254 g/mol. The molecule has 0 aliphatic heterocycles. The Balaban J connectivity index is 3.98. The van der Waals surface area contributed by atoms with Crippen molar-refractivity contribution in [1.82, 2.24) is 0 Å². The molecule has 0 atom stereocenters. The van der Waals surface area contributed by atoms with E-state index < -0.39 is 18.4 Å². The zero-order valence-electron chi connectivity index (χ0n) is 10.2. The summed E-state index contributed by atoms with van der Waals surface area (Å²) in [6, 6.07) is 0. The van der Waals surface area contributed by atoms with E-state index in [-0.39, 0.29) is 10.8 Å². The van der Waals surface area contributed by atoms with E-state index in [0.29, 0.717) is 13.0 Å². The summed E-state index contributed by atoms with van der Waals surface area (Å²) in [6.45, 7) is 11.0. The molecule has 0 saturated carbocycles. The summed E-state index contributed by atoms with van der Waals surface area (Å²) in [5, 5.41) is 0.130. The second kappa shape index (κ2) is 4.95. The zero-order chi connectivity index (χ0) is 12.3. The lowest BCUT2D eigenvalue weighted by Gasteiger charge is -2.36. The van der Waals surface area contributed by atoms with Gasteiger partial charge in [-0.1, -0.05) is 20.8 Å². The van der Waals surface area contributed by atoms with Crippen molar-refractivity contribution in [2.24, 2.45) is 0 Å². The molecule has 0 aliphatic carbocycles. The van der Waals surface area contributed by atoms with Crippen LogP contribution in [0, 0.1) is 0 Å². The molecule has 0 spiro atoms. The third-order valence-electron chi connectivity index (χ3n) is 2.82. The summed E-state index contributed by atoms with van der Waals surface area (Å²) in [5.41, 5.74) is 0. The first kappa shape index (κ1) is 15.1. The average Bonchev–Trinajstić information content (AvgIpc) is 1.94. The molecule has 0 saturated heterocycles. The highest BCUT2D eigenvalue weighted by Crippen LogP contribution is 2.36. The van der Waals surface area contributed by atoms with Crippen LogP contribution in [0.25, 0.3) is 0 Å². The highest BCUT2D eigenvalue weighted by Gasteiger charge is 2.36. The van der Waals surface area contributed by atoms with Crippen LogP contribution in [0.4, 0.5) is 0 Å². The predicted molar refractivity (Wildman–Crippen MR) is 64.2 cm³/mol. The Labute approximate surface area is 93.9 Å². The van der Waals surface area contributed by atoms with Gasteiger partial charge in [-0.25, -0.2) is 0 Å². The van der Waals surface area contributed by atoms with Gasteiger partial charge in [0.25, 0.3) is 10.1 Å². The molecule has 0 heterocycles. The molecule has 6 heteroatoms. The standard InChI is InChI=1S/C9H22O4SSi/c1-9(2,3)15(4,5)13-7-6-8-14(10,11)12/h6-8H2,1-5H3,(H,10,11,12). The van der Waals surface area contributed by atoms with Gasteiger partial charge in [-0.2, -0.15) is 8.42 Å². The normalized spacial score (nSPS) is 14.3. The van der Waals surface area contributed by atoms with E-state index in [1.54, 1.807) is 0 Å². The van der Waals surface area contributed by atoms with Crippen LogP contribution in [0.15, 0.2) is 0 Å². The van der Waals surface area contributed by atoms with E-state index in [1.807, 2.05) is 0 Å². The van der Waals surface area contributed by atoms with E-state index in [2.05, 4.69) is 33.9 Å². The van der Waals surface area contributed by atoms with E-state index in [4.69, 9.17) is 8.98 Å². The van der Waals surface area contributed by atoms with E-state index in [9.17, 15) is 8.42 Å². The van der Waals surface area contributed by atoms with Crippen LogP contribution in [0.5, 0.6) is 0 Å². The molecule has 0 aromatic rings. The first-order chi connectivity index (χ1) is 6.46. The van der Waals surface area contributed by atoms with Crippen LogP contribution in [0.2, 0.25) is 18.1 Å². The average molecular weight is 254 g/mol. The molecule has 92 valence electrons. The van der Waals surface area contributed by atoms with Gasteiger partial charge in [0, 0.05) is 6.61 Å². The molecule has 0 aliphatic rings. The zero-order valence-corrected chi connectivity index (χ0v) is 12.0. The van der Waals surface area contributed by atoms with Crippen molar-refractivity contribution in [2.45, 2.75) is 45.3 Å². The Kier molecular flexibility index (Phi) is 4.97. The van der Waals surface area contributed by atoms with Crippen LogP contribution < -0.4 is 0 Å². The van der Waals surface area contributed by atoms with E-state index in [1.165, 1.54) is 0 Å². The first-order valence-electron chi connectivity index (χ1n) is 5.05. The molecule has 0 unspecified atom stereocenters. The highest BCUT2D eigenvalue weighted by molar-refractivity contribution is 7.85. The maximum absolute atomic E-state index is 10.5. The Morgan fingerprint density at radius 1 is 1.27 bits per heavy atom. The molecule has 0 fully saturated rings. The van der Waals surface area contributed by atoms with Crippen LogP contribution in [-0.4, -0.2) is 33.6 Å². The number of hydrogen-bond donors (Lipinski definition) is 1. The van der Waals surface area contributed by atoms with Gasteiger partial charge in [0.1, 0.15) is 0 Å². The summed E-state index contributed by atoms with van der Waals surface area (Å²) in [4.78, 5) is 0. The third kappa shape index (κ3) is 6.29. The molecule has 0 aromatic carbocycles. The predicted octanol–water partition coefficient (Wildman–Crippen LogP) is 2.29.